The topological polar surface area (TPSA) is 87.1 Å². The van der Waals surface area contributed by atoms with Crippen molar-refractivity contribution in [2.45, 2.75) is 13.0 Å². The Balaban J connectivity index is 2.80. The third kappa shape index (κ3) is 4.16. The van der Waals surface area contributed by atoms with Crippen molar-refractivity contribution in [1.82, 2.24) is 0 Å². The molecule has 0 heterocycles. The number of nitrogens with zero attached hydrogens (tertiary/aromatic N) is 3. The molecule has 6 nitrogen and oxygen atoms in total. The minimum Gasteiger partial charge on any atom is -0.464 e. The molecule has 0 aliphatic rings. The lowest BCUT2D eigenvalue weighted by atomic mass is 10.2. The highest BCUT2D eigenvalue weighted by Gasteiger charge is 2.19. The predicted molar refractivity (Wildman–Crippen MR) is 69.5 cm³/mol. The van der Waals surface area contributed by atoms with E-state index in [2.05, 4.69) is 15.3 Å². The molecule has 0 amide bonds. The molecule has 1 aromatic rings. The summed E-state index contributed by atoms with van der Waals surface area (Å²) in [5, 5.41) is 6.75. The quantitative estimate of drug-likeness (QED) is 0.372. The van der Waals surface area contributed by atoms with Gasteiger partial charge in [-0.25, -0.2) is 4.79 Å². The molecule has 7 heteroatoms. The van der Waals surface area contributed by atoms with E-state index in [-0.39, 0.29) is 13.2 Å². The molecule has 0 aliphatic heterocycles. The number of carbonyl (C=O) groups excluding carboxylic acids is 1. The number of carbonyl (C=O) groups is 1. The number of hydrogen-bond acceptors (Lipinski definition) is 4. The molecule has 0 radical (unpaired) electrons. The van der Waals surface area contributed by atoms with E-state index < -0.39 is 12.0 Å². The Labute approximate surface area is 110 Å². The van der Waals surface area contributed by atoms with Crippen LogP contribution in [0.25, 0.3) is 10.4 Å². The first-order chi connectivity index (χ1) is 8.69. The van der Waals surface area contributed by atoms with Gasteiger partial charge >= 0.3 is 5.97 Å². The van der Waals surface area contributed by atoms with E-state index in [1.165, 1.54) is 0 Å². The van der Waals surface area contributed by atoms with Crippen LogP contribution in [0.15, 0.2) is 29.4 Å². The van der Waals surface area contributed by atoms with Crippen LogP contribution in [0.5, 0.6) is 0 Å². The average molecular weight is 269 g/mol. The van der Waals surface area contributed by atoms with Gasteiger partial charge < -0.3 is 10.1 Å². The molecular weight excluding hydrogens is 256 g/mol. The third-order valence-corrected chi connectivity index (χ3v) is 2.43. The van der Waals surface area contributed by atoms with Crippen LogP contribution in [0.1, 0.15) is 6.92 Å². The second-order valence-electron chi connectivity index (χ2n) is 3.34. The van der Waals surface area contributed by atoms with E-state index in [1.54, 1.807) is 31.2 Å². The van der Waals surface area contributed by atoms with Gasteiger partial charge in [-0.2, -0.15) is 0 Å². The van der Waals surface area contributed by atoms with Crippen LogP contribution in [-0.2, 0) is 9.53 Å². The van der Waals surface area contributed by atoms with Gasteiger partial charge in [0.2, 0.25) is 0 Å². The molecule has 96 valence electrons. The highest BCUT2D eigenvalue weighted by atomic mass is 35.5. The molecule has 0 saturated heterocycles. The van der Waals surface area contributed by atoms with Crippen LogP contribution in [0.3, 0.4) is 0 Å². The summed E-state index contributed by atoms with van der Waals surface area (Å²) in [6.45, 7) is 1.92. The Kier molecular flexibility index (Phi) is 5.84. The Morgan fingerprint density at radius 3 is 2.94 bits per heavy atom. The number of halogens is 1. The molecule has 1 rings (SSSR count). The van der Waals surface area contributed by atoms with E-state index >= 15 is 0 Å². The average Bonchev–Trinajstić information content (AvgIpc) is 2.36. The van der Waals surface area contributed by atoms with Gasteiger partial charge in [0, 0.05) is 4.91 Å². The van der Waals surface area contributed by atoms with Crippen LogP contribution < -0.4 is 5.32 Å². The molecule has 18 heavy (non-hydrogen) atoms. The predicted octanol–water partition coefficient (Wildman–Crippen LogP) is 2.99. The second-order valence-corrected chi connectivity index (χ2v) is 3.75. The zero-order valence-corrected chi connectivity index (χ0v) is 10.6. The molecular formula is C11H13ClN4O2. The van der Waals surface area contributed by atoms with E-state index in [0.29, 0.717) is 10.7 Å². The summed E-state index contributed by atoms with van der Waals surface area (Å²) in [6, 6.07) is 6.23. The molecule has 0 bridgehead atoms. The maximum Gasteiger partial charge on any atom is 0.328 e. The molecule has 1 atom stereocenters. The van der Waals surface area contributed by atoms with Crippen LogP contribution in [0.4, 0.5) is 5.69 Å². The highest BCUT2D eigenvalue weighted by molar-refractivity contribution is 6.33. The SMILES string of the molecule is CCOC(=O)C(CN=[N+]=[N-])Nc1ccccc1Cl. The summed E-state index contributed by atoms with van der Waals surface area (Å²) in [4.78, 5) is 14.3. The van der Waals surface area contributed by atoms with Gasteiger partial charge in [0.25, 0.3) is 0 Å². The second kappa shape index (κ2) is 7.42. The lowest BCUT2D eigenvalue weighted by Gasteiger charge is -2.17. The third-order valence-electron chi connectivity index (χ3n) is 2.10. The lowest BCUT2D eigenvalue weighted by molar-refractivity contribution is -0.143. The molecule has 0 spiro atoms. The van der Waals surface area contributed by atoms with Gasteiger partial charge in [-0.1, -0.05) is 28.8 Å². The maximum absolute atomic E-state index is 11.7. The van der Waals surface area contributed by atoms with Gasteiger partial charge in [-0.3, -0.25) is 0 Å². The standard InChI is InChI=1S/C11H13ClN4O2/c1-2-18-11(17)10(7-14-16-13)15-9-6-4-3-5-8(9)12/h3-6,10,15H,2,7H2,1H3. The minimum absolute atomic E-state index is 0.0411. The van der Waals surface area contributed by atoms with Crippen molar-refractivity contribution in [3.8, 4) is 0 Å². The minimum atomic E-state index is -0.749. The van der Waals surface area contributed by atoms with E-state index in [1.807, 2.05) is 0 Å². The molecule has 0 aliphatic carbocycles. The fourth-order valence-corrected chi connectivity index (χ4v) is 1.50. The van der Waals surface area contributed by atoms with Crippen molar-refractivity contribution in [3.63, 3.8) is 0 Å². The van der Waals surface area contributed by atoms with Crippen molar-refractivity contribution in [2.75, 3.05) is 18.5 Å². The fourth-order valence-electron chi connectivity index (χ4n) is 1.31. The normalized spacial score (nSPS) is 11.2. The number of hydrogen-bond donors (Lipinski definition) is 1. The number of azide groups is 1. The van der Waals surface area contributed by atoms with Crippen molar-refractivity contribution < 1.29 is 9.53 Å². The summed E-state index contributed by atoms with van der Waals surface area (Å²) in [6.07, 6.45) is 0. The van der Waals surface area contributed by atoms with Gasteiger partial charge in [0.1, 0.15) is 6.04 Å². The van der Waals surface area contributed by atoms with Gasteiger partial charge in [0.15, 0.2) is 0 Å². The summed E-state index contributed by atoms with van der Waals surface area (Å²) >= 11 is 5.97. The molecule has 0 aromatic heterocycles. The summed E-state index contributed by atoms with van der Waals surface area (Å²) in [5.74, 6) is -0.482. The van der Waals surface area contributed by atoms with Crippen LogP contribution in [-0.4, -0.2) is 25.2 Å². The summed E-state index contributed by atoms with van der Waals surface area (Å²) < 4.78 is 4.89. The smallest absolute Gasteiger partial charge is 0.328 e. The zero-order valence-electron chi connectivity index (χ0n) is 9.84. The van der Waals surface area contributed by atoms with Crippen LogP contribution in [0, 0.1) is 0 Å². The first kappa shape index (κ1) is 14.2. The van der Waals surface area contributed by atoms with E-state index in [9.17, 15) is 4.79 Å². The highest BCUT2D eigenvalue weighted by Crippen LogP contribution is 2.21. The number of ether oxygens (including phenoxy) is 1. The Morgan fingerprint density at radius 2 is 2.33 bits per heavy atom. The van der Waals surface area contributed by atoms with Crippen molar-refractivity contribution in [1.29, 1.82) is 0 Å². The number of anilines is 1. The zero-order chi connectivity index (χ0) is 13.4. The molecule has 0 fully saturated rings. The van der Waals surface area contributed by atoms with E-state index in [4.69, 9.17) is 21.9 Å². The largest absolute Gasteiger partial charge is 0.464 e. The first-order valence-corrected chi connectivity index (χ1v) is 5.75. The van der Waals surface area contributed by atoms with Crippen LogP contribution >= 0.6 is 11.6 Å². The van der Waals surface area contributed by atoms with Gasteiger partial charge in [-0.05, 0) is 24.6 Å². The molecule has 0 saturated carbocycles. The maximum atomic E-state index is 11.7. The van der Waals surface area contributed by atoms with Gasteiger partial charge in [-0.15, -0.1) is 0 Å². The lowest BCUT2D eigenvalue weighted by Crippen LogP contribution is -2.34. The van der Waals surface area contributed by atoms with Crippen molar-refractivity contribution in [2.24, 2.45) is 5.11 Å². The van der Waals surface area contributed by atoms with E-state index in [0.717, 1.165) is 0 Å². The Bertz CT molecular complexity index is 460. The summed E-state index contributed by atoms with van der Waals surface area (Å²) in [7, 11) is 0. The van der Waals surface area contributed by atoms with Gasteiger partial charge in [0.05, 0.1) is 23.9 Å². The number of rotatable bonds is 6. The monoisotopic (exact) mass is 268 g/mol. The Morgan fingerprint density at radius 1 is 1.61 bits per heavy atom. The fraction of sp³-hybridized carbons (Fsp3) is 0.364. The van der Waals surface area contributed by atoms with Crippen LogP contribution in [0.2, 0.25) is 5.02 Å². The Hall–Kier alpha value is -1.91. The molecule has 1 aromatic carbocycles. The van der Waals surface area contributed by atoms with Crippen molar-refractivity contribution >= 4 is 23.3 Å². The van der Waals surface area contributed by atoms with Crippen molar-refractivity contribution in [3.05, 3.63) is 39.7 Å². The number of nitrogens with one attached hydrogen (secondary N) is 1. The molecule has 1 unspecified atom stereocenters. The molecule has 1 N–H and O–H groups in total. The number of para-hydroxylation sites is 1. The number of esters is 1. The summed E-state index contributed by atoms with van der Waals surface area (Å²) in [5.41, 5.74) is 8.89. The first-order valence-electron chi connectivity index (χ1n) is 5.37. The number of benzene rings is 1.